The molecule has 3 heterocycles. The van der Waals surface area contributed by atoms with Crippen LogP contribution in [0.5, 0.6) is 0 Å². The molecular weight excluding hydrogens is 512 g/mol. The molecule has 1 aromatic carbocycles. The molecule has 3 aromatic heterocycles. The Kier molecular flexibility index (Phi) is 9.97. The number of ether oxygens (including phenoxy) is 2. The molecule has 0 unspecified atom stereocenters. The van der Waals surface area contributed by atoms with E-state index in [-0.39, 0.29) is 26.5 Å². The summed E-state index contributed by atoms with van der Waals surface area (Å²) in [6.45, 7) is 3.98. The summed E-state index contributed by atoms with van der Waals surface area (Å²) in [7, 11) is 3.51. The van der Waals surface area contributed by atoms with Crippen molar-refractivity contribution in [2.24, 2.45) is 12.8 Å². The van der Waals surface area contributed by atoms with Gasteiger partial charge in [0.2, 0.25) is 5.91 Å². The zero-order chi connectivity index (χ0) is 28.0. The minimum atomic E-state index is -1.12. The standard InChI is InChI=1S/C27H34N8O4.CH4/c1-27(2,28)25(36)30-21(18-38-16-19-9-6-5-7-10-19)24-32-31-22-12-8-11-20(35(22)24)17-39-26(37)34(4)15-23-29-13-14-33(23)3;/h5-14,21H,15-18,28H2,1-4H3,(H,30,36);1H4/t21-;/m1./s1. The van der Waals surface area contributed by atoms with E-state index in [1.54, 1.807) is 43.6 Å². The first-order valence-electron chi connectivity index (χ1n) is 12.5. The molecule has 0 aliphatic carbocycles. The molecule has 0 saturated heterocycles. The van der Waals surface area contributed by atoms with Crippen LogP contribution in [-0.4, -0.2) is 60.2 Å². The average molecular weight is 551 g/mol. The molecule has 1 atom stereocenters. The summed E-state index contributed by atoms with van der Waals surface area (Å²) >= 11 is 0. The summed E-state index contributed by atoms with van der Waals surface area (Å²) in [4.78, 5) is 31.2. The van der Waals surface area contributed by atoms with Crippen molar-refractivity contribution < 1.29 is 19.1 Å². The Morgan fingerprint density at radius 2 is 1.85 bits per heavy atom. The van der Waals surface area contributed by atoms with Crippen molar-refractivity contribution in [3.05, 3.63) is 83.8 Å². The van der Waals surface area contributed by atoms with Crippen LogP contribution in [0.4, 0.5) is 4.79 Å². The third kappa shape index (κ3) is 7.42. The number of carbonyl (C=O) groups excluding carboxylic acids is 2. The van der Waals surface area contributed by atoms with E-state index >= 15 is 0 Å². The van der Waals surface area contributed by atoms with Crippen molar-refractivity contribution >= 4 is 17.6 Å². The maximum Gasteiger partial charge on any atom is 0.410 e. The van der Waals surface area contributed by atoms with Crippen molar-refractivity contribution in [3.8, 4) is 0 Å². The number of nitrogens with zero attached hydrogens (tertiary/aromatic N) is 6. The molecule has 12 heteroatoms. The van der Waals surface area contributed by atoms with Crippen molar-refractivity contribution in [1.82, 2.24) is 34.4 Å². The van der Waals surface area contributed by atoms with Crippen LogP contribution in [0.1, 0.15) is 50.2 Å². The number of hydrogen-bond donors (Lipinski definition) is 2. The van der Waals surface area contributed by atoms with Gasteiger partial charge in [-0.1, -0.05) is 43.8 Å². The van der Waals surface area contributed by atoms with Gasteiger partial charge in [0.05, 0.1) is 31.0 Å². The van der Waals surface area contributed by atoms with Crippen molar-refractivity contribution in [2.45, 2.75) is 52.6 Å². The summed E-state index contributed by atoms with van der Waals surface area (Å²) in [6, 6.07) is 14.4. The Morgan fingerprint density at radius 3 is 2.52 bits per heavy atom. The van der Waals surface area contributed by atoms with Crippen molar-refractivity contribution in [1.29, 1.82) is 0 Å². The molecule has 0 aliphatic rings. The van der Waals surface area contributed by atoms with E-state index < -0.39 is 17.7 Å². The Bertz CT molecular complexity index is 1410. The summed E-state index contributed by atoms with van der Waals surface area (Å²) in [5.74, 6) is 0.797. The molecule has 214 valence electrons. The summed E-state index contributed by atoms with van der Waals surface area (Å²) in [5.41, 5.74) is 7.09. The highest BCUT2D eigenvalue weighted by Crippen LogP contribution is 2.19. The summed E-state index contributed by atoms with van der Waals surface area (Å²) in [6.07, 6.45) is 2.98. The second-order valence-corrected chi connectivity index (χ2v) is 9.88. The molecular formula is C28H38N8O4. The highest BCUT2D eigenvalue weighted by molar-refractivity contribution is 5.85. The third-order valence-electron chi connectivity index (χ3n) is 6.09. The maximum atomic E-state index is 12.8. The van der Waals surface area contributed by atoms with Crippen LogP contribution in [0.15, 0.2) is 60.9 Å². The van der Waals surface area contributed by atoms with Crippen LogP contribution in [0, 0.1) is 0 Å². The zero-order valence-corrected chi connectivity index (χ0v) is 22.6. The largest absolute Gasteiger partial charge is 0.443 e. The first-order valence-corrected chi connectivity index (χ1v) is 12.5. The van der Waals surface area contributed by atoms with Crippen LogP contribution in [0.2, 0.25) is 0 Å². The van der Waals surface area contributed by atoms with E-state index in [0.717, 1.165) is 11.4 Å². The number of fused-ring (bicyclic) bond motifs is 1. The van der Waals surface area contributed by atoms with Gasteiger partial charge in [-0.2, -0.15) is 0 Å². The number of aryl methyl sites for hydroxylation is 1. The highest BCUT2D eigenvalue weighted by Gasteiger charge is 2.28. The molecule has 4 rings (SSSR count). The number of rotatable bonds is 11. The van der Waals surface area contributed by atoms with Gasteiger partial charge >= 0.3 is 6.09 Å². The molecule has 12 nitrogen and oxygen atoms in total. The van der Waals surface area contributed by atoms with Crippen LogP contribution in [0.25, 0.3) is 5.65 Å². The fourth-order valence-corrected chi connectivity index (χ4v) is 3.83. The van der Waals surface area contributed by atoms with E-state index in [2.05, 4.69) is 20.5 Å². The first kappa shape index (κ1) is 30.3. The van der Waals surface area contributed by atoms with Gasteiger partial charge in [-0.25, -0.2) is 9.78 Å². The topological polar surface area (TPSA) is 142 Å². The number of carbonyl (C=O) groups is 2. The van der Waals surface area contributed by atoms with E-state index in [1.165, 1.54) is 4.90 Å². The van der Waals surface area contributed by atoms with Gasteiger partial charge in [-0.05, 0) is 31.5 Å². The number of nitrogens with one attached hydrogen (secondary N) is 1. The Labute approximate surface area is 234 Å². The van der Waals surface area contributed by atoms with Gasteiger partial charge in [0.1, 0.15) is 18.5 Å². The van der Waals surface area contributed by atoms with Gasteiger partial charge in [0, 0.05) is 26.5 Å². The number of nitrogens with two attached hydrogens (primary N) is 1. The predicted molar refractivity (Wildman–Crippen MR) is 150 cm³/mol. The van der Waals surface area contributed by atoms with E-state index in [0.29, 0.717) is 30.3 Å². The quantitative estimate of drug-likeness (QED) is 0.290. The molecule has 0 bridgehead atoms. The fourth-order valence-electron chi connectivity index (χ4n) is 3.83. The maximum absolute atomic E-state index is 12.8. The molecule has 0 radical (unpaired) electrons. The van der Waals surface area contributed by atoms with Crippen LogP contribution < -0.4 is 11.1 Å². The average Bonchev–Trinajstić information content (AvgIpc) is 3.53. The van der Waals surface area contributed by atoms with Crippen molar-refractivity contribution in [3.63, 3.8) is 0 Å². The molecule has 2 amide bonds. The number of hydrogen-bond acceptors (Lipinski definition) is 8. The number of benzene rings is 1. The molecule has 40 heavy (non-hydrogen) atoms. The van der Waals surface area contributed by atoms with Gasteiger partial charge in [0.15, 0.2) is 11.5 Å². The highest BCUT2D eigenvalue weighted by atomic mass is 16.6. The van der Waals surface area contributed by atoms with Crippen molar-refractivity contribution in [2.75, 3.05) is 13.7 Å². The van der Waals surface area contributed by atoms with Gasteiger partial charge in [-0.3, -0.25) is 9.20 Å². The second kappa shape index (κ2) is 13.2. The molecule has 3 N–H and O–H groups in total. The Balaban J connectivity index is 0.00000441. The lowest BCUT2D eigenvalue weighted by molar-refractivity contribution is -0.126. The van der Waals surface area contributed by atoms with Gasteiger partial charge < -0.3 is 30.0 Å². The Hall–Kier alpha value is -4.29. The molecule has 4 aromatic rings. The number of pyridine rings is 1. The van der Waals surface area contributed by atoms with E-state index in [4.69, 9.17) is 15.2 Å². The van der Waals surface area contributed by atoms with Crippen LogP contribution in [-0.2, 0) is 41.1 Å². The molecule has 0 spiro atoms. The molecule has 0 aliphatic heterocycles. The minimum Gasteiger partial charge on any atom is -0.443 e. The van der Waals surface area contributed by atoms with Gasteiger partial charge in [0.25, 0.3) is 0 Å². The predicted octanol–water partition coefficient (Wildman–Crippen LogP) is 2.98. The minimum absolute atomic E-state index is 0. The number of imidazole rings is 1. The van der Waals surface area contributed by atoms with E-state index in [1.807, 2.05) is 54.2 Å². The monoisotopic (exact) mass is 550 g/mol. The van der Waals surface area contributed by atoms with Crippen LogP contribution >= 0.6 is 0 Å². The summed E-state index contributed by atoms with van der Waals surface area (Å²) in [5, 5.41) is 11.6. The number of amides is 2. The summed E-state index contributed by atoms with van der Waals surface area (Å²) < 4.78 is 15.2. The van der Waals surface area contributed by atoms with Crippen LogP contribution in [0.3, 0.4) is 0 Å². The SMILES string of the molecule is C.CN(Cc1nccn1C)C(=O)OCc1cccc2nnc([C@@H](COCc3ccccc3)NC(=O)C(C)(C)N)n12. The molecule has 0 fully saturated rings. The lowest BCUT2D eigenvalue weighted by Crippen LogP contribution is -2.51. The smallest absolute Gasteiger partial charge is 0.410 e. The molecule has 0 saturated carbocycles. The normalized spacial score (nSPS) is 12.0. The third-order valence-corrected chi connectivity index (χ3v) is 6.09. The Morgan fingerprint density at radius 1 is 1.10 bits per heavy atom. The second-order valence-electron chi connectivity index (χ2n) is 9.88. The lowest BCUT2D eigenvalue weighted by Gasteiger charge is -2.24. The lowest BCUT2D eigenvalue weighted by atomic mass is 10.1. The first-order chi connectivity index (χ1) is 18.6. The van der Waals surface area contributed by atoms with E-state index in [9.17, 15) is 9.59 Å². The fraction of sp³-hybridized carbons (Fsp3) is 0.393. The van der Waals surface area contributed by atoms with Gasteiger partial charge in [-0.15, -0.1) is 10.2 Å². The number of aromatic nitrogens is 5. The zero-order valence-electron chi connectivity index (χ0n) is 22.6.